The quantitative estimate of drug-likeness (QED) is 0.697. The van der Waals surface area contributed by atoms with Crippen LogP contribution < -0.4 is 16.1 Å². The molecule has 7 heteroatoms. The summed E-state index contributed by atoms with van der Waals surface area (Å²) < 4.78 is 1.71. The first-order valence-corrected chi connectivity index (χ1v) is 11.8. The summed E-state index contributed by atoms with van der Waals surface area (Å²) in [6.45, 7) is 0.935. The maximum absolute atomic E-state index is 13.1. The zero-order chi connectivity index (χ0) is 22.3. The van der Waals surface area contributed by atoms with E-state index in [4.69, 9.17) is 0 Å². The van der Waals surface area contributed by atoms with Crippen molar-refractivity contribution in [2.75, 3.05) is 6.54 Å². The molecule has 0 radical (unpaired) electrons. The number of aromatic nitrogens is 2. The van der Waals surface area contributed by atoms with Gasteiger partial charge in [0.2, 0.25) is 5.43 Å². The average Bonchev–Trinajstić information content (AvgIpc) is 3.60. The summed E-state index contributed by atoms with van der Waals surface area (Å²) in [6, 6.07) is 5.66. The summed E-state index contributed by atoms with van der Waals surface area (Å²) in [7, 11) is 0. The van der Waals surface area contributed by atoms with Gasteiger partial charge in [-0.3, -0.25) is 19.4 Å². The highest BCUT2D eigenvalue weighted by molar-refractivity contribution is 5.99. The molecule has 2 saturated carbocycles. The number of pyridine rings is 2. The molecule has 4 rings (SSSR count). The lowest BCUT2D eigenvalue weighted by Crippen LogP contribution is -2.40. The normalized spacial score (nSPS) is 17.2. The molecule has 0 atom stereocenters. The Morgan fingerprint density at radius 3 is 2.28 bits per heavy atom. The van der Waals surface area contributed by atoms with E-state index in [1.807, 2.05) is 18.2 Å². The summed E-state index contributed by atoms with van der Waals surface area (Å²) in [5.41, 5.74) is 0.291. The fraction of sp³-hybridized carbons (Fsp3) is 0.520. The van der Waals surface area contributed by atoms with Gasteiger partial charge in [0.15, 0.2) is 0 Å². The molecule has 32 heavy (non-hydrogen) atoms. The lowest BCUT2D eigenvalue weighted by molar-refractivity contribution is 0.0928. The Labute approximate surface area is 188 Å². The van der Waals surface area contributed by atoms with Crippen LogP contribution in [-0.4, -0.2) is 34.0 Å². The zero-order valence-electron chi connectivity index (χ0n) is 18.5. The second kappa shape index (κ2) is 10.6. The predicted molar refractivity (Wildman–Crippen MR) is 123 cm³/mol. The Bertz CT molecular complexity index is 990. The third-order valence-corrected chi connectivity index (χ3v) is 6.33. The van der Waals surface area contributed by atoms with E-state index in [0.717, 1.165) is 44.2 Å². The Kier molecular flexibility index (Phi) is 7.35. The molecular weight excluding hydrogens is 404 g/mol. The first-order valence-electron chi connectivity index (χ1n) is 11.8. The minimum atomic E-state index is -0.515. The van der Waals surface area contributed by atoms with E-state index in [0.29, 0.717) is 19.0 Å². The number of amides is 2. The summed E-state index contributed by atoms with van der Waals surface area (Å²) in [5, 5.41) is 5.92. The topological polar surface area (TPSA) is 93.1 Å². The number of carbonyl (C=O) groups excluding carboxylic acids is 2. The molecule has 170 valence electrons. The van der Waals surface area contributed by atoms with E-state index >= 15 is 0 Å². The third-order valence-electron chi connectivity index (χ3n) is 6.33. The monoisotopic (exact) mass is 436 g/mol. The zero-order valence-corrected chi connectivity index (χ0v) is 18.5. The second-order valence-electron chi connectivity index (χ2n) is 9.08. The summed E-state index contributed by atoms with van der Waals surface area (Å²) >= 11 is 0. The minimum absolute atomic E-state index is 0.00639. The smallest absolute Gasteiger partial charge is 0.256 e. The third kappa shape index (κ3) is 6.05. The van der Waals surface area contributed by atoms with Crippen LogP contribution in [0.4, 0.5) is 0 Å². The van der Waals surface area contributed by atoms with Gasteiger partial charge < -0.3 is 15.2 Å². The van der Waals surface area contributed by atoms with Gasteiger partial charge >= 0.3 is 0 Å². The van der Waals surface area contributed by atoms with Gasteiger partial charge in [-0.1, -0.05) is 38.2 Å². The Morgan fingerprint density at radius 1 is 0.938 bits per heavy atom. The molecule has 0 unspecified atom stereocenters. The minimum Gasteiger partial charge on any atom is -0.352 e. The molecule has 2 fully saturated rings. The summed E-state index contributed by atoms with van der Waals surface area (Å²) in [6.07, 6.45) is 14.6. The van der Waals surface area contributed by atoms with E-state index in [9.17, 15) is 14.4 Å². The van der Waals surface area contributed by atoms with Crippen LogP contribution in [0.25, 0.3) is 0 Å². The molecule has 0 aliphatic heterocycles. The van der Waals surface area contributed by atoms with Gasteiger partial charge in [-0.15, -0.1) is 0 Å². The molecule has 2 N–H and O–H groups in total. The molecule has 2 aliphatic rings. The van der Waals surface area contributed by atoms with Crippen molar-refractivity contribution in [3.8, 4) is 0 Å². The van der Waals surface area contributed by atoms with E-state index in [2.05, 4.69) is 15.6 Å². The molecule has 2 heterocycles. The van der Waals surface area contributed by atoms with E-state index in [1.54, 1.807) is 17.0 Å². The first kappa shape index (κ1) is 22.2. The first-order chi connectivity index (χ1) is 15.6. The van der Waals surface area contributed by atoms with Gasteiger partial charge in [0.1, 0.15) is 11.1 Å². The molecule has 2 amide bonds. The maximum Gasteiger partial charge on any atom is 0.256 e. The largest absolute Gasteiger partial charge is 0.352 e. The predicted octanol–water partition coefficient (Wildman–Crippen LogP) is 3.27. The van der Waals surface area contributed by atoms with Crippen molar-refractivity contribution in [3.63, 3.8) is 0 Å². The Morgan fingerprint density at radius 2 is 1.62 bits per heavy atom. The van der Waals surface area contributed by atoms with Gasteiger partial charge in [0, 0.05) is 31.2 Å². The standard InChI is InChI=1S/C25H32N4O3/c30-23-21(24(31)27-14-18-11-12-18)16-29(15-20-10-6-7-13-26-20)17-22(23)25(32)28-19-8-4-2-1-3-5-9-19/h6-7,10,13,16-19H,1-5,8-9,11-12,14-15H2,(H,27,31)(H,28,32). The van der Waals surface area contributed by atoms with Crippen molar-refractivity contribution in [3.05, 3.63) is 63.8 Å². The lowest BCUT2D eigenvalue weighted by atomic mass is 9.96. The van der Waals surface area contributed by atoms with Crippen LogP contribution in [0.2, 0.25) is 0 Å². The molecule has 0 aromatic carbocycles. The van der Waals surface area contributed by atoms with Gasteiger partial charge in [-0.05, 0) is 43.7 Å². The van der Waals surface area contributed by atoms with E-state index in [1.165, 1.54) is 25.5 Å². The highest BCUT2D eigenvalue weighted by Crippen LogP contribution is 2.27. The maximum atomic E-state index is 13.1. The van der Waals surface area contributed by atoms with Gasteiger partial charge in [0.25, 0.3) is 11.8 Å². The van der Waals surface area contributed by atoms with Crippen molar-refractivity contribution in [1.29, 1.82) is 0 Å². The number of carbonyl (C=O) groups is 2. The lowest BCUT2D eigenvalue weighted by Gasteiger charge is -2.21. The van der Waals surface area contributed by atoms with Crippen molar-refractivity contribution in [2.45, 2.75) is 70.4 Å². The molecule has 2 aromatic rings. The SMILES string of the molecule is O=C(NCC1CC1)c1cn(Cc2ccccn2)cc(C(=O)NC2CCCCCCC2)c1=O. The van der Waals surface area contributed by atoms with Crippen LogP contribution in [0, 0.1) is 5.92 Å². The number of nitrogens with one attached hydrogen (secondary N) is 2. The molecule has 2 aliphatic carbocycles. The Balaban J connectivity index is 1.58. The molecule has 7 nitrogen and oxygen atoms in total. The van der Waals surface area contributed by atoms with Crippen molar-refractivity contribution in [2.24, 2.45) is 5.92 Å². The second-order valence-corrected chi connectivity index (χ2v) is 9.08. The highest BCUT2D eigenvalue weighted by atomic mass is 16.2. The molecule has 2 aromatic heterocycles. The number of hydrogen-bond donors (Lipinski definition) is 2. The van der Waals surface area contributed by atoms with Crippen LogP contribution in [0.15, 0.2) is 41.6 Å². The van der Waals surface area contributed by atoms with Crippen molar-refractivity contribution < 1.29 is 9.59 Å². The Hall–Kier alpha value is -2.96. The summed E-state index contributed by atoms with van der Waals surface area (Å²) in [4.78, 5) is 43.4. The fourth-order valence-corrected chi connectivity index (χ4v) is 4.24. The van der Waals surface area contributed by atoms with E-state index in [-0.39, 0.29) is 17.2 Å². The van der Waals surface area contributed by atoms with Crippen LogP contribution in [-0.2, 0) is 6.54 Å². The van der Waals surface area contributed by atoms with Crippen LogP contribution in [0.3, 0.4) is 0 Å². The number of hydrogen-bond acceptors (Lipinski definition) is 4. The van der Waals surface area contributed by atoms with Crippen LogP contribution >= 0.6 is 0 Å². The highest BCUT2D eigenvalue weighted by Gasteiger charge is 2.25. The van der Waals surface area contributed by atoms with Gasteiger partial charge in [-0.2, -0.15) is 0 Å². The molecule has 0 spiro atoms. The number of rotatable bonds is 7. The van der Waals surface area contributed by atoms with Crippen molar-refractivity contribution >= 4 is 11.8 Å². The average molecular weight is 437 g/mol. The summed E-state index contributed by atoms with van der Waals surface area (Å²) in [5.74, 6) is -0.315. The molecule has 0 saturated heterocycles. The van der Waals surface area contributed by atoms with E-state index < -0.39 is 17.2 Å². The van der Waals surface area contributed by atoms with Gasteiger partial charge in [-0.25, -0.2) is 0 Å². The van der Waals surface area contributed by atoms with Crippen molar-refractivity contribution in [1.82, 2.24) is 20.2 Å². The van der Waals surface area contributed by atoms with Crippen LogP contribution in [0.5, 0.6) is 0 Å². The molecular formula is C25H32N4O3. The molecule has 0 bridgehead atoms. The number of nitrogens with zero attached hydrogens (tertiary/aromatic N) is 2. The van der Waals surface area contributed by atoms with Crippen LogP contribution in [0.1, 0.15) is 84.2 Å². The van der Waals surface area contributed by atoms with Gasteiger partial charge in [0.05, 0.1) is 12.2 Å². The fourth-order valence-electron chi connectivity index (χ4n) is 4.24.